The van der Waals surface area contributed by atoms with Crippen molar-refractivity contribution in [3.8, 4) is 5.75 Å². The summed E-state index contributed by atoms with van der Waals surface area (Å²) in [5.41, 5.74) is 3.67. The Bertz CT molecular complexity index is 461. The minimum atomic E-state index is -0.184. The van der Waals surface area contributed by atoms with Crippen molar-refractivity contribution in [1.82, 2.24) is 5.43 Å². The third-order valence-corrected chi connectivity index (χ3v) is 2.88. The summed E-state index contributed by atoms with van der Waals surface area (Å²) >= 11 is 0. The largest absolute Gasteiger partial charge is 0.497 e. The molecular formula is C13H17N2O2+. The van der Waals surface area contributed by atoms with Gasteiger partial charge in [-0.1, -0.05) is 0 Å². The Kier molecular flexibility index (Phi) is 2.88. The van der Waals surface area contributed by atoms with Crippen molar-refractivity contribution in [2.45, 2.75) is 25.8 Å². The number of rotatable bonds is 2. The number of benzene rings is 1. The molecule has 1 saturated heterocycles. The number of ether oxygens (including phenoxy) is 1. The highest BCUT2D eigenvalue weighted by atomic mass is 16.5. The zero-order valence-electron chi connectivity index (χ0n) is 10.4. The molecule has 0 atom stereocenters. The zero-order valence-corrected chi connectivity index (χ0v) is 10.4. The third-order valence-electron chi connectivity index (χ3n) is 2.88. The molecule has 0 aliphatic carbocycles. The number of hydrogen-bond donors (Lipinski definition) is 1. The van der Waals surface area contributed by atoms with Gasteiger partial charge in [0.15, 0.2) is 5.54 Å². The molecule has 1 fully saturated rings. The van der Waals surface area contributed by atoms with E-state index in [1.165, 1.54) is 0 Å². The van der Waals surface area contributed by atoms with Gasteiger partial charge < -0.3 is 4.74 Å². The fourth-order valence-corrected chi connectivity index (χ4v) is 1.85. The van der Waals surface area contributed by atoms with E-state index in [1.54, 1.807) is 7.11 Å². The van der Waals surface area contributed by atoms with Crippen LogP contribution in [0.5, 0.6) is 5.75 Å². The number of nitrogens with zero attached hydrogens (tertiary/aromatic N) is 1. The monoisotopic (exact) mass is 233 g/mol. The van der Waals surface area contributed by atoms with E-state index in [2.05, 4.69) is 5.43 Å². The normalized spacial score (nSPS) is 20.4. The molecule has 1 heterocycles. The molecule has 17 heavy (non-hydrogen) atoms. The number of hydrogen-bond acceptors (Lipinski definition) is 2. The van der Waals surface area contributed by atoms with Gasteiger partial charge in [-0.05, 0) is 24.3 Å². The van der Waals surface area contributed by atoms with Crippen LogP contribution in [0, 0.1) is 0 Å². The predicted octanol–water partition coefficient (Wildman–Crippen LogP) is 1.34. The number of methoxy groups -OCH3 is 1. The summed E-state index contributed by atoms with van der Waals surface area (Å²) in [7, 11) is 1.64. The first-order chi connectivity index (χ1) is 8.01. The molecule has 0 aromatic heterocycles. The maximum absolute atomic E-state index is 11.4. The Morgan fingerprint density at radius 1 is 1.35 bits per heavy atom. The number of carbonyl (C=O) groups is 1. The lowest BCUT2D eigenvalue weighted by molar-refractivity contribution is -0.620. The molecule has 0 saturated carbocycles. The van der Waals surface area contributed by atoms with Crippen LogP contribution in [0.3, 0.4) is 0 Å². The molecule has 2 rings (SSSR count). The summed E-state index contributed by atoms with van der Waals surface area (Å²) in [5.74, 6) is 0.881. The van der Waals surface area contributed by atoms with Crippen LogP contribution in [0.25, 0.3) is 0 Å². The number of hydrazone groups is 1. The van der Waals surface area contributed by atoms with Crippen molar-refractivity contribution in [2.75, 3.05) is 7.11 Å². The molecule has 0 spiro atoms. The molecule has 1 aliphatic heterocycles. The molecule has 0 bridgehead atoms. The molecule has 1 aromatic carbocycles. The van der Waals surface area contributed by atoms with E-state index in [9.17, 15) is 4.79 Å². The first-order valence-corrected chi connectivity index (χ1v) is 5.59. The second kappa shape index (κ2) is 4.20. The van der Waals surface area contributed by atoms with Crippen molar-refractivity contribution in [1.29, 1.82) is 0 Å². The van der Waals surface area contributed by atoms with E-state index >= 15 is 0 Å². The highest BCUT2D eigenvalue weighted by molar-refractivity contribution is 5.80. The quantitative estimate of drug-likeness (QED) is 0.783. The summed E-state index contributed by atoms with van der Waals surface area (Å²) in [4.78, 5) is 11.4. The smallest absolute Gasteiger partial charge is 0.281 e. The van der Waals surface area contributed by atoms with Crippen LogP contribution >= 0.6 is 0 Å². The van der Waals surface area contributed by atoms with Crippen LogP contribution in [0.1, 0.15) is 25.8 Å². The van der Waals surface area contributed by atoms with E-state index in [1.807, 2.05) is 49.0 Å². The minimum absolute atomic E-state index is 0.0553. The molecule has 1 amide bonds. The van der Waals surface area contributed by atoms with Crippen molar-refractivity contribution in [3.63, 3.8) is 0 Å². The van der Waals surface area contributed by atoms with E-state index in [0.717, 1.165) is 11.3 Å². The second-order valence-electron chi connectivity index (χ2n) is 4.80. The fourth-order valence-electron chi connectivity index (χ4n) is 1.85. The van der Waals surface area contributed by atoms with Crippen LogP contribution in [0.15, 0.2) is 24.3 Å². The summed E-state index contributed by atoms with van der Waals surface area (Å²) in [6.45, 7) is 4.07. The molecule has 1 N–H and O–H groups in total. The lowest BCUT2D eigenvalue weighted by Crippen LogP contribution is -2.36. The van der Waals surface area contributed by atoms with Gasteiger partial charge in [-0.15, -0.1) is 10.1 Å². The van der Waals surface area contributed by atoms with Gasteiger partial charge in [-0.3, -0.25) is 4.79 Å². The second-order valence-corrected chi connectivity index (χ2v) is 4.80. The Labute approximate surface area is 101 Å². The number of amides is 1. The van der Waals surface area contributed by atoms with Gasteiger partial charge in [0.1, 0.15) is 5.75 Å². The predicted molar refractivity (Wildman–Crippen MR) is 65.3 cm³/mol. The van der Waals surface area contributed by atoms with E-state index in [-0.39, 0.29) is 11.4 Å². The van der Waals surface area contributed by atoms with Crippen LogP contribution in [0.2, 0.25) is 0 Å². The van der Waals surface area contributed by atoms with Gasteiger partial charge in [-0.25, -0.2) is 0 Å². The summed E-state index contributed by atoms with van der Waals surface area (Å²) < 4.78 is 6.96. The molecule has 1 aromatic rings. The van der Waals surface area contributed by atoms with Crippen molar-refractivity contribution < 1.29 is 14.2 Å². The summed E-state index contributed by atoms with van der Waals surface area (Å²) in [6.07, 6.45) is 2.45. The maximum atomic E-state index is 11.4. The van der Waals surface area contributed by atoms with Crippen LogP contribution < -0.4 is 10.2 Å². The van der Waals surface area contributed by atoms with Gasteiger partial charge in [0.2, 0.25) is 6.21 Å². The molecule has 1 aliphatic rings. The Morgan fingerprint density at radius 3 is 2.47 bits per heavy atom. The lowest BCUT2D eigenvalue weighted by Gasteiger charge is -2.09. The molecule has 4 heteroatoms. The molecule has 0 radical (unpaired) electrons. The number of nitrogens with one attached hydrogen (secondary N) is 1. The van der Waals surface area contributed by atoms with Crippen LogP contribution in [-0.2, 0) is 4.79 Å². The third kappa shape index (κ3) is 2.46. The number of hydrazine groups is 1. The molecule has 90 valence electrons. The topological polar surface area (TPSA) is 41.3 Å². The Balaban J connectivity index is 2.26. The SMILES string of the molecule is COc1ccc(/C=[N+]2\NC(=O)CC2(C)C)cc1. The average Bonchev–Trinajstić information content (AvgIpc) is 2.53. The first kappa shape index (κ1) is 11.6. The van der Waals surface area contributed by atoms with Crippen molar-refractivity contribution in [2.24, 2.45) is 0 Å². The Hall–Kier alpha value is -1.84. The Morgan fingerprint density at radius 2 is 2.00 bits per heavy atom. The molecule has 0 unspecified atom stereocenters. The van der Waals surface area contributed by atoms with Gasteiger partial charge >= 0.3 is 0 Å². The standard InChI is InChI=1S/C13H16N2O2/c1-13(2)8-12(16)14-15(13)9-10-4-6-11(17-3)7-5-10/h4-7,9H,8H2,1-3H3/p+1/b15-9-. The van der Waals surface area contributed by atoms with Gasteiger partial charge in [0, 0.05) is 19.4 Å². The zero-order chi connectivity index (χ0) is 12.5. The minimum Gasteiger partial charge on any atom is -0.497 e. The fraction of sp³-hybridized carbons (Fsp3) is 0.385. The average molecular weight is 233 g/mol. The highest BCUT2D eigenvalue weighted by Gasteiger charge is 2.42. The van der Waals surface area contributed by atoms with Gasteiger partial charge in [0.05, 0.1) is 13.5 Å². The summed E-state index contributed by atoms with van der Waals surface area (Å²) in [5, 5.41) is 0. The first-order valence-electron chi connectivity index (χ1n) is 5.59. The van der Waals surface area contributed by atoms with E-state index in [4.69, 9.17) is 4.74 Å². The maximum Gasteiger partial charge on any atom is 0.281 e. The van der Waals surface area contributed by atoms with Gasteiger partial charge in [0.25, 0.3) is 5.91 Å². The van der Waals surface area contributed by atoms with E-state index in [0.29, 0.717) is 6.42 Å². The molecule has 4 nitrogen and oxygen atoms in total. The van der Waals surface area contributed by atoms with Crippen LogP contribution in [-0.4, -0.2) is 29.5 Å². The number of carbonyl (C=O) groups excluding carboxylic acids is 1. The van der Waals surface area contributed by atoms with E-state index < -0.39 is 0 Å². The molecular weight excluding hydrogens is 216 g/mol. The van der Waals surface area contributed by atoms with Crippen LogP contribution in [0.4, 0.5) is 0 Å². The van der Waals surface area contributed by atoms with Crippen molar-refractivity contribution >= 4 is 12.1 Å². The highest BCUT2D eigenvalue weighted by Crippen LogP contribution is 2.18. The lowest BCUT2D eigenvalue weighted by atomic mass is 10.0. The van der Waals surface area contributed by atoms with Crippen molar-refractivity contribution in [3.05, 3.63) is 29.8 Å². The summed E-state index contributed by atoms with van der Waals surface area (Å²) in [6, 6.07) is 7.71. The van der Waals surface area contributed by atoms with Gasteiger partial charge in [-0.2, -0.15) is 0 Å².